The standard InChI is InChI=1S/C26H22BrFN2O3/c1-3-32-24-13-18(11-20(15-29)19-5-4-6-21(28)14-19)12-23(27)26(24)33-16-25(31)30-22-9-7-17(2)8-10-22/h4-14H,3,16H2,1-2H3,(H,30,31)/b20-11-. The van der Waals surface area contributed by atoms with Crippen LogP contribution >= 0.6 is 15.9 Å². The number of nitriles is 1. The molecular weight excluding hydrogens is 487 g/mol. The molecule has 0 saturated carbocycles. The van der Waals surface area contributed by atoms with Crippen molar-refractivity contribution in [2.75, 3.05) is 18.5 Å². The summed E-state index contributed by atoms with van der Waals surface area (Å²) in [5, 5.41) is 12.3. The van der Waals surface area contributed by atoms with Crippen LogP contribution in [0.2, 0.25) is 0 Å². The number of anilines is 1. The zero-order chi connectivity index (χ0) is 23.8. The monoisotopic (exact) mass is 508 g/mol. The highest BCUT2D eigenvalue weighted by molar-refractivity contribution is 9.10. The van der Waals surface area contributed by atoms with Crippen LogP contribution in [0.3, 0.4) is 0 Å². The first-order valence-electron chi connectivity index (χ1n) is 10.2. The second kappa shape index (κ2) is 11.3. The van der Waals surface area contributed by atoms with Gasteiger partial charge in [-0.05, 0) is 83.4 Å². The molecule has 0 radical (unpaired) electrons. The summed E-state index contributed by atoms with van der Waals surface area (Å²) in [6.45, 7) is 3.96. The van der Waals surface area contributed by atoms with Gasteiger partial charge in [-0.1, -0.05) is 29.8 Å². The normalized spacial score (nSPS) is 10.9. The number of allylic oxidation sites excluding steroid dienone is 1. The smallest absolute Gasteiger partial charge is 0.262 e. The Labute approximate surface area is 200 Å². The van der Waals surface area contributed by atoms with Crippen molar-refractivity contribution in [3.8, 4) is 17.6 Å². The quantitative estimate of drug-likeness (QED) is 0.283. The first-order chi connectivity index (χ1) is 15.9. The Balaban J connectivity index is 1.81. The number of hydrogen-bond donors (Lipinski definition) is 1. The Kier molecular flexibility index (Phi) is 8.22. The van der Waals surface area contributed by atoms with Crippen molar-refractivity contribution < 1.29 is 18.7 Å². The van der Waals surface area contributed by atoms with Gasteiger partial charge < -0.3 is 14.8 Å². The van der Waals surface area contributed by atoms with Gasteiger partial charge in [-0.25, -0.2) is 4.39 Å². The van der Waals surface area contributed by atoms with Gasteiger partial charge in [-0.15, -0.1) is 0 Å². The molecule has 0 fully saturated rings. The predicted molar refractivity (Wildman–Crippen MR) is 130 cm³/mol. The van der Waals surface area contributed by atoms with Crippen molar-refractivity contribution in [1.82, 2.24) is 0 Å². The molecule has 0 aliphatic heterocycles. The number of ether oxygens (including phenoxy) is 2. The molecule has 1 amide bonds. The molecule has 7 heteroatoms. The van der Waals surface area contributed by atoms with Crippen LogP contribution in [-0.2, 0) is 4.79 Å². The molecule has 1 N–H and O–H groups in total. The highest BCUT2D eigenvalue weighted by Gasteiger charge is 2.15. The third-order valence-corrected chi connectivity index (χ3v) is 5.17. The molecule has 0 atom stereocenters. The van der Waals surface area contributed by atoms with E-state index in [2.05, 4.69) is 27.3 Å². The maximum Gasteiger partial charge on any atom is 0.262 e. The minimum Gasteiger partial charge on any atom is -0.490 e. The van der Waals surface area contributed by atoms with E-state index in [0.717, 1.165) is 5.56 Å². The SMILES string of the molecule is CCOc1cc(/C=C(/C#N)c2cccc(F)c2)cc(Br)c1OCC(=O)Nc1ccc(C)cc1. The Morgan fingerprint density at radius 3 is 2.58 bits per heavy atom. The molecule has 5 nitrogen and oxygen atoms in total. The summed E-state index contributed by atoms with van der Waals surface area (Å²) in [7, 11) is 0. The summed E-state index contributed by atoms with van der Waals surface area (Å²) in [6.07, 6.45) is 1.63. The summed E-state index contributed by atoms with van der Waals surface area (Å²) in [5.74, 6) is 0.0580. The number of rotatable bonds is 8. The highest BCUT2D eigenvalue weighted by atomic mass is 79.9. The Morgan fingerprint density at radius 2 is 1.91 bits per heavy atom. The van der Waals surface area contributed by atoms with E-state index in [1.807, 2.05) is 38.1 Å². The number of carbonyl (C=O) groups is 1. The maximum absolute atomic E-state index is 13.6. The maximum atomic E-state index is 13.6. The van der Waals surface area contributed by atoms with E-state index in [1.54, 1.807) is 30.3 Å². The molecule has 0 bridgehead atoms. The number of halogens is 2. The predicted octanol–water partition coefficient (Wildman–Crippen LogP) is 6.38. The van der Waals surface area contributed by atoms with Crippen LogP contribution in [0.4, 0.5) is 10.1 Å². The van der Waals surface area contributed by atoms with Crippen molar-refractivity contribution >= 4 is 39.2 Å². The van der Waals surface area contributed by atoms with Gasteiger partial charge in [0.15, 0.2) is 18.1 Å². The third kappa shape index (κ3) is 6.67. The lowest BCUT2D eigenvalue weighted by Gasteiger charge is -2.15. The summed E-state index contributed by atoms with van der Waals surface area (Å²) >= 11 is 3.46. The fourth-order valence-electron chi connectivity index (χ4n) is 3.05. The van der Waals surface area contributed by atoms with Gasteiger partial charge in [-0.3, -0.25) is 4.79 Å². The average molecular weight is 509 g/mol. The number of hydrogen-bond acceptors (Lipinski definition) is 4. The van der Waals surface area contributed by atoms with Gasteiger partial charge in [0.05, 0.1) is 22.7 Å². The second-order valence-electron chi connectivity index (χ2n) is 7.15. The van der Waals surface area contributed by atoms with E-state index < -0.39 is 5.82 Å². The minimum absolute atomic E-state index is 0.214. The molecule has 0 heterocycles. The van der Waals surface area contributed by atoms with E-state index in [-0.39, 0.29) is 12.5 Å². The molecule has 0 aliphatic carbocycles. The van der Waals surface area contributed by atoms with Crippen molar-refractivity contribution in [1.29, 1.82) is 5.26 Å². The highest BCUT2D eigenvalue weighted by Crippen LogP contribution is 2.38. The van der Waals surface area contributed by atoms with E-state index in [0.29, 0.717) is 45.0 Å². The summed E-state index contributed by atoms with van der Waals surface area (Å²) in [6, 6.07) is 18.9. The average Bonchev–Trinajstić information content (AvgIpc) is 2.78. The van der Waals surface area contributed by atoms with Crippen LogP contribution in [0.15, 0.2) is 65.1 Å². The Hall–Kier alpha value is -3.63. The Morgan fingerprint density at radius 1 is 1.15 bits per heavy atom. The molecule has 0 aromatic heterocycles. The van der Waals surface area contributed by atoms with Crippen LogP contribution in [0.1, 0.15) is 23.6 Å². The fourth-order valence-corrected chi connectivity index (χ4v) is 3.62. The lowest BCUT2D eigenvalue weighted by molar-refractivity contribution is -0.118. The summed E-state index contributed by atoms with van der Waals surface area (Å²) in [4.78, 5) is 12.3. The van der Waals surface area contributed by atoms with Gasteiger partial charge in [0.2, 0.25) is 0 Å². The number of benzene rings is 3. The Bertz CT molecular complexity index is 1220. The zero-order valence-electron chi connectivity index (χ0n) is 18.2. The fraction of sp³-hybridized carbons (Fsp3) is 0.154. The van der Waals surface area contributed by atoms with Crippen molar-refractivity contribution in [3.63, 3.8) is 0 Å². The molecule has 0 saturated heterocycles. The number of nitrogens with one attached hydrogen (secondary N) is 1. The van der Waals surface area contributed by atoms with Gasteiger partial charge in [0.1, 0.15) is 5.82 Å². The lowest BCUT2D eigenvalue weighted by Crippen LogP contribution is -2.20. The van der Waals surface area contributed by atoms with Gasteiger partial charge in [0, 0.05) is 5.69 Å². The third-order valence-electron chi connectivity index (χ3n) is 4.58. The zero-order valence-corrected chi connectivity index (χ0v) is 19.8. The van der Waals surface area contributed by atoms with E-state index in [4.69, 9.17) is 9.47 Å². The number of amides is 1. The van der Waals surface area contributed by atoms with Gasteiger partial charge in [-0.2, -0.15) is 5.26 Å². The second-order valence-corrected chi connectivity index (χ2v) is 8.00. The molecule has 0 aliphatic rings. The molecule has 33 heavy (non-hydrogen) atoms. The largest absolute Gasteiger partial charge is 0.490 e. The number of carbonyl (C=O) groups excluding carboxylic acids is 1. The van der Waals surface area contributed by atoms with Gasteiger partial charge in [0.25, 0.3) is 5.91 Å². The molecule has 3 aromatic rings. The summed E-state index contributed by atoms with van der Waals surface area (Å²) < 4.78 is 25.6. The summed E-state index contributed by atoms with van der Waals surface area (Å²) in [5.41, 5.74) is 3.21. The molecule has 0 spiro atoms. The van der Waals surface area contributed by atoms with E-state index >= 15 is 0 Å². The van der Waals surface area contributed by atoms with Crippen molar-refractivity contribution in [3.05, 3.63) is 87.6 Å². The van der Waals surface area contributed by atoms with Gasteiger partial charge >= 0.3 is 0 Å². The molecule has 0 unspecified atom stereocenters. The van der Waals surface area contributed by atoms with Crippen LogP contribution in [0.25, 0.3) is 11.6 Å². The van der Waals surface area contributed by atoms with Crippen LogP contribution in [-0.4, -0.2) is 19.1 Å². The number of aryl methyl sites for hydroxylation is 1. The first kappa shape index (κ1) is 24.0. The van der Waals surface area contributed by atoms with Crippen LogP contribution in [0.5, 0.6) is 11.5 Å². The van der Waals surface area contributed by atoms with Crippen molar-refractivity contribution in [2.24, 2.45) is 0 Å². The molecular formula is C26H22BrFN2O3. The van der Waals surface area contributed by atoms with Crippen molar-refractivity contribution in [2.45, 2.75) is 13.8 Å². The molecule has 168 valence electrons. The molecule has 3 aromatic carbocycles. The molecule has 3 rings (SSSR count). The van der Waals surface area contributed by atoms with E-state index in [9.17, 15) is 14.4 Å². The first-order valence-corrected chi connectivity index (χ1v) is 11.0. The number of nitrogens with zero attached hydrogens (tertiary/aromatic N) is 1. The lowest BCUT2D eigenvalue weighted by atomic mass is 10.0. The topological polar surface area (TPSA) is 71.3 Å². The van der Waals surface area contributed by atoms with E-state index in [1.165, 1.54) is 12.1 Å². The minimum atomic E-state index is -0.419. The van der Waals surface area contributed by atoms with Crippen LogP contribution < -0.4 is 14.8 Å². The van der Waals surface area contributed by atoms with Crippen LogP contribution in [0, 0.1) is 24.1 Å².